The predicted molar refractivity (Wildman–Crippen MR) is 61.0 cm³/mol. The molecule has 2 rings (SSSR count). The first-order valence-corrected chi connectivity index (χ1v) is 5.72. The van der Waals surface area contributed by atoms with Gasteiger partial charge in [-0.15, -0.1) is 0 Å². The van der Waals surface area contributed by atoms with Crippen LogP contribution < -0.4 is 11.3 Å². The third kappa shape index (κ3) is 1.48. The summed E-state index contributed by atoms with van der Waals surface area (Å²) >= 11 is 0. The number of nitrogen functional groups attached to an aromatic ring is 1. The largest absolute Gasteiger partial charge is 0.393 e. The molecule has 1 aromatic rings. The van der Waals surface area contributed by atoms with Gasteiger partial charge in [-0.05, 0) is 19.8 Å². The molecule has 0 aromatic carbocycles. The number of nitrogens with zero attached hydrogens (tertiary/aromatic N) is 2. The standard InChI is InChI=1S/C11H19N3O/c1-3-14-11(15)9(12)10(13(14)2)8-6-4-5-7-8/h8H,3-7,12H2,1-2H3. The van der Waals surface area contributed by atoms with Crippen molar-refractivity contribution >= 4 is 5.69 Å². The molecule has 4 heteroatoms. The Labute approximate surface area is 89.7 Å². The van der Waals surface area contributed by atoms with E-state index in [9.17, 15) is 4.79 Å². The van der Waals surface area contributed by atoms with Gasteiger partial charge in [0.25, 0.3) is 5.56 Å². The molecule has 0 atom stereocenters. The number of rotatable bonds is 2. The Balaban J connectivity index is 2.51. The first-order chi connectivity index (χ1) is 7.16. The maximum Gasteiger partial charge on any atom is 0.290 e. The van der Waals surface area contributed by atoms with Crippen LogP contribution in [0.5, 0.6) is 0 Å². The van der Waals surface area contributed by atoms with Crippen molar-refractivity contribution in [2.75, 3.05) is 5.73 Å². The Morgan fingerprint density at radius 2 is 2.00 bits per heavy atom. The fourth-order valence-corrected chi connectivity index (χ4v) is 2.73. The van der Waals surface area contributed by atoms with E-state index in [0.29, 0.717) is 18.2 Å². The molecule has 1 aromatic heterocycles. The van der Waals surface area contributed by atoms with E-state index in [2.05, 4.69) is 0 Å². The van der Waals surface area contributed by atoms with Crippen molar-refractivity contribution in [3.63, 3.8) is 0 Å². The van der Waals surface area contributed by atoms with Crippen molar-refractivity contribution in [2.24, 2.45) is 7.05 Å². The second-order valence-corrected chi connectivity index (χ2v) is 4.32. The Morgan fingerprint density at radius 1 is 1.40 bits per heavy atom. The zero-order valence-electron chi connectivity index (χ0n) is 9.49. The number of aromatic nitrogens is 2. The average molecular weight is 209 g/mol. The summed E-state index contributed by atoms with van der Waals surface area (Å²) in [4.78, 5) is 11.8. The SMILES string of the molecule is CCn1c(=O)c(N)c(C2CCCC2)n1C. The summed E-state index contributed by atoms with van der Waals surface area (Å²) in [6.07, 6.45) is 4.86. The minimum Gasteiger partial charge on any atom is -0.393 e. The van der Waals surface area contributed by atoms with E-state index in [-0.39, 0.29) is 5.56 Å². The highest BCUT2D eigenvalue weighted by Gasteiger charge is 2.25. The molecule has 4 nitrogen and oxygen atoms in total. The van der Waals surface area contributed by atoms with E-state index in [1.54, 1.807) is 4.68 Å². The van der Waals surface area contributed by atoms with Gasteiger partial charge in [-0.3, -0.25) is 9.48 Å². The lowest BCUT2D eigenvalue weighted by Gasteiger charge is -2.13. The summed E-state index contributed by atoms with van der Waals surface area (Å²) in [6, 6.07) is 0. The van der Waals surface area contributed by atoms with E-state index in [4.69, 9.17) is 5.73 Å². The van der Waals surface area contributed by atoms with Gasteiger partial charge in [0, 0.05) is 19.5 Å². The Morgan fingerprint density at radius 3 is 2.47 bits per heavy atom. The first kappa shape index (κ1) is 10.3. The van der Waals surface area contributed by atoms with Crippen LogP contribution in [0.2, 0.25) is 0 Å². The molecule has 0 unspecified atom stereocenters. The predicted octanol–water partition coefficient (Wildman–Crippen LogP) is 1.45. The molecular weight excluding hydrogens is 190 g/mol. The zero-order chi connectivity index (χ0) is 11.0. The third-order valence-corrected chi connectivity index (χ3v) is 3.49. The molecule has 0 bridgehead atoms. The molecule has 15 heavy (non-hydrogen) atoms. The normalized spacial score (nSPS) is 17.5. The van der Waals surface area contributed by atoms with Gasteiger partial charge in [-0.25, -0.2) is 4.68 Å². The van der Waals surface area contributed by atoms with E-state index >= 15 is 0 Å². The van der Waals surface area contributed by atoms with Crippen LogP contribution in [-0.2, 0) is 13.6 Å². The topological polar surface area (TPSA) is 52.9 Å². The van der Waals surface area contributed by atoms with Crippen LogP contribution in [0.25, 0.3) is 0 Å². The smallest absolute Gasteiger partial charge is 0.290 e. The van der Waals surface area contributed by atoms with Crippen molar-refractivity contribution in [3.8, 4) is 0 Å². The summed E-state index contributed by atoms with van der Waals surface area (Å²) in [6.45, 7) is 2.66. The summed E-state index contributed by atoms with van der Waals surface area (Å²) in [5.41, 5.74) is 7.40. The number of hydrogen-bond donors (Lipinski definition) is 1. The van der Waals surface area contributed by atoms with Gasteiger partial charge in [-0.2, -0.15) is 0 Å². The van der Waals surface area contributed by atoms with Gasteiger partial charge in [0.15, 0.2) is 0 Å². The minimum atomic E-state index is -0.0260. The molecule has 84 valence electrons. The number of nitrogens with two attached hydrogens (primary N) is 1. The highest BCUT2D eigenvalue weighted by molar-refractivity contribution is 5.44. The molecule has 0 radical (unpaired) electrons. The fourth-order valence-electron chi connectivity index (χ4n) is 2.73. The molecule has 2 N–H and O–H groups in total. The van der Waals surface area contributed by atoms with Crippen molar-refractivity contribution < 1.29 is 0 Å². The Hall–Kier alpha value is -1.19. The summed E-state index contributed by atoms with van der Waals surface area (Å²) in [7, 11) is 1.94. The number of hydrogen-bond acceptors (Lipinski definition) is 2. The zero-order valence-corrected chi connectivity index (χ0v) is 9.49. The lowest BCUT2D eigenvalue weighted by atomic mass is 10.0. The maximum atomic E-state index is 11.8. The Kier molecular flexibility index (Phi) is 2.59. The van der Waals surface area contributed by atoms with Crippen LogP contribution in [0.3, 0.4) is 0 Å². The Bertz CT molecular complexity index is 410. The minimum absolute atomic E-state index is 0.0260. The van der Waals surface area contributed by atoms with E-state index in [1.807, 2.05) is 18.7 Å². The van der Waals surface area contributed by atoms with Gasteiger partial charge in [0.1, 0.15) is 5.69 Å². The molecule has 1 aliphatic rings. The van der Waals surface area contributed by atoms with Crippen LogP contribution in [-0.4, -0.2) is 9.36 Å². The summed E-state index contributed by atoms with van der Waals surface area (Å²) in [5.74, 6) is 0.496. The van der Waals surface area contributed by atoms with Gasteiger partial charge >= 0.3 is 0 Å². The summed E-state index contributed by atoms with van der Waals surface area (Å²) < 4.78 is 3.66. The summed E-state index contributed by atoms with van der Waals surface area (Å²) in [5, 5.41) is 0. The average Bonchev–Trinajstić information content (AvgIpc) is 2.77. The quantitative estimate of drug-likeness (QED) is 0.801. The molecular formula is C11H19N3O. The van der Waals surface area contributed by atoms with Crippen molar-refractivity contribution in [1.82, 2.24) is 9.36 Å². The van der Waals surface area contributed by atoms with E-state index in [1.165, 1.54) is 25.7 Å². The molecule has 0 amide bonds. The lowest BCUT2D eigenvalue weighted by molar-refractivity contribution is 0.486. The lowest BCUT2D eigenvalue weighted by Crippen LogP contribution is -2.21. The van der Waals surface area contributed by atoms with Gasteiger partial charge in [0.05, 0.1) is 5.69 Å². The van der Waals surface area contributed by atoms with Crippen LogP contribution >= 0.6 is 0 Å². The molecule has 0 saturated heterocycles. The first-order valence-electron chi connectivity index (χ1n) is 5.72. The monoisotopic (exact) mass is 209 g/mol. The van der Waals surface area contributed by atoms with Gasteiger partial charge in [0.2, 0.25) is 0 Å². The molecule has 1 saturated carbocycles. The molecule has 1 fully saturated rings. The third-order valence-electron chi connectivity index (χ3n) is 3.49. The van der Waals surface area contributed by atoms with Crippen LogP contribution in [0.1, 0.15) is 44.2 Å². The maximum absolute atomic E-state index is 11.8. The number of anilines is 1. The fraction of sp³-hybridized carbons (Fsp3) is 0.727. The second kappa shape index (κ2) is 3.76. The van der Waals surface area contributed by atoms with Crippen LogP contribution in [0.15, 0.2) is 4.79 Å². The van der Waals surface area contributed by atoms with E-state index < -0.39 is 0 Å². The van der Waals surface area contributed by atoms with Crippen molar-refractivity contribution in [2.45, 2.75) is 45.1 Å². The molecule has 1 heterocycles. The van der Waals surface area contributed by atoms with E-state index in [0.717, 1.165) is 5.69 Å². The van der Waals surface area contributed by atoms with Crippen molar-refractivity contribution in [1.29, 1.82) is 0 Å². The van der Waals surface area contributed by atoms with Crippen LogP contribution in [0, 0.1) is 0 Å². The second-order valence-electron chi connectivity index (χ2n) is 4.32. The van der Waals surface area contributed by atoms with Gasteiger partial charge in [-0.1, -0.05) is 12.8 Å². The highest BCUT2D eigenvalue weighted by atomic mass is 16.1. The highest BCUT2D eigenvalue weighted by Crippen LogP contribution is 2.35. The molecule has 0 aliphatic heterocycles. The molecule has 1 aliphatic carbocycles. The molecule has 0 spiro atoms. The van der Waals surface area contributed by atoms with Crippen molar-refractivity contribution in [3.05, 3.63) is 16.0 Å². The van der Waals surface area contributed by atoms with Gasteiger partial charge < -0.3 is 5.73 Å². The van der Waals surface area contributed by atoms with Crippen LogP contribution in [0.4, 0.5) is 5.69 Å².